The van der Waals surface area contributed by atoms with Crippen molar-refractivity contribution in [1.29, 1.82) is 0 Å². The first-order valence-corrected chi connectivity index (χ1v) is 11.1. The van der Waals surface area contributed by atoms with Gasteiger partial charge in [0.15, 0.2) is 11.8 Å². The third-order valence-corrected chi connectivity index (χ3v) is 5.20. The van der Waals surface area contributed by atoms with Crippen molar-refractivity contribution in [3.8, 4) is 11.5 Å². The van der Waals surface area contributed by atoms with Crippen molar-refractivity contribution in [3.05, 3.63) is 58.8 Å². The number of nitrogens with zero attached hydrogens (tertiary/aromatic N) is 3. The van der Waals surface area contributed by atoms with Gasteiger partial charge in [-0.2, -0.15) is 4.98 Å². The number of rotatable bonds is 9. The van der Waals surface area contributed by atoms with Crippen LogP contribution in [0.15, 0.2) is 44.3 Å². The van der Waals surface area contributed by atoms with E-state index in [1.807, 2.05) is 45.9 Å². The van der Waals surface area contributed by atoms with Gasteiger partial charge in [0.05, 0.1) is 6.54 Å². The molecule has 0 spiro atoms. The Bertz CT molecular complexity index is 1040. The lowest BCUT2D eigenvalue weighted by Crippen LogP contribution is -2.39. The summed E-state index contributed by atoms with van der Waals surface area (Å²) in [6, 6.07) is 9.98. The molecule has 3 N–H and O–H groups in total. The molecular formula is C24H34IN5O3. The highest BCUT2D eigenvalue weighted by Gasteiger charge is 2.27. The van der Waals surface area contributed by atoms with E-state index < -0.39 is 5.60 Å². The van der Waals surface area contributed by atoms with Crippen LogP contribution < -0.4 is 10.6 Å². The van der Waals surface area contributed by atoms with Crippen molar-refractivity contribution >= 4 is 29.9 Å². The Kier molecular flexibility index (Phi) is 9.90. The van der Waals surface area contributed by atoms with Crippen LogP contribution >= 0.6 is 24.0 Å². The van der Waals surface area contributed by atoms with Crippen molar-refractivity contribution < 1.29 is 14.0 Å². The summed E-state index contributed by atoms with van der Waals surface area (Å²) >= 11 is 0. The summed E-state index contributed by atoms with van der Waals surface area (Å²) in [4.78, 5) is 8.95. The normalized spacial score (nSPS) is 13.3. The summed E-state index contributed by atoms with van der Waals surface area (Å²) in [6.45, 7) is 11.2. The summed E-state index contributed by atoms with van der Waals surface area (Å²) in [6.07, 6.45) is 1.57. The Morgan fingerprint density at radius 3 is 2.45 bits per heavy atom. The molecule has 0 radical (unpaired) electrons. The number of guanidine groups is 1. The molecule has 1 unspecified atom stereocenters. The number of aliphatic hydroxyl groups is 1. The number of benzene rings is 1. The molecule has 3 aromatic rings. The average molecular weight is 567 g/mol. The van der Waals surface area contributed by atoms with Gasteiger partial charge in [0, 0.05) is 30.6 Å². The van der Waals surface area contributed by atoms with Gasteiger partial charge in [-0.25, -0.2) is 4.99 Å². The van der Waals surface area contributed by atoms with E-state index in [9.17, 15) is 5.11 Å². The topological polar surface area (TPSA) is 109 Å². The van der Waals surface area contributed by atoms with Crippen LogP contribution in [0.2, 0.25) is 0 Å². The summed E-state index contributed by atoms with van der Waals surface area (Å²) in [7, 11) is 0. The van der Waals surface area contributed by atoms with E-state index in [1.54, 1.807) is 6.92 Å². The van der Waals surface area contributed by atoms with E-state index in [0.29, 0.717) is 24.2 Å². The van der Waals surface area contributed by atoms with E-state index in [-0.39, 0.29) is 30.5 Å². The number of aryl methyl sites for hydroxylation is 3. The predicted molar refractivity (Wildman–Crippen MR) is 140 cm³/mol. The molecule has 0 aliphatic rings. The molecule has 1 atom stereocenters. The van der Waals surface area contributed by atoms with Crippen molar-refractivity contribution in [2.75, 3.05) is 19.6 Å². The zero-order chi connectivity index (χ0) is 23.1. The number of hydrogen-bond acceptors (Lipinski definition) is 6. The average Bonchev–Trinajstić information content (AvgIpc) is 3.39. The van der Waals surface area contributed by atoms with Crippen LogP contribution in [0.4, 0.5) is 0 Å². The van der Waals surface area contributed by atoms with Crippen LogP contribution in [0, 0.1) is 13.8 Å². The van der Waals surface area contributed by atoms with Crippen molar-refractivity contribution in [1.82, 2.24) is 20.8 Å². The molecule has 33 heavy (non-hydrogen) atoms. The summed E-state index contributed by atoms with van der Waals surface area (Å²) in [5.41, 5.74) is 1.76. The lowest BCUT2D eigenvalue weighted by atomic mass is 9.96. The van der Waals surface area contributed by atoms with Gasteiger partial charge in [0.1, 0.15) is 17.1 Å². The molecule has 3 rings (SSSR count). The highest BCUT2D eigenvalue weighted by molar-refractivity contribution is 14.0. The third-order valence-electron chi connectivity index (χ3n) is 5.20. The van der Waals surface area contributed by atoms with Gasteiger partial charge in [0.25, 0.3) is 5.89 Å². The number of aromatic nitrogens is 2. The van der Waals surface area contributed by atoms with Gasteiger partial charge in [-0.15, -0.1) is 24.0 Å². The molecule has 0 saturated heterocycles. The Labute approximate surface area is 212 Å². The van der Waals surface area contributed by atoms with Gasteiger partial charge in [-0.05, 0) is 57.9 Å². The first-order valence-electron chi connectivity index (χ1n) is 11.1. The zero-order valence-corrected chi connectivity index (χ0v) is 22.3. The maximum absolute atomic E-state index is 10.9. The second-order valence-electron chi connectivity index (χ2n) is 8.04. The lowest BCUT2D eigenvalue weighted by Gasteiger charge is -2.21. The number of hydrogen-bond donors (Lipinski definition) is 3. The highest BCUT2D eigenvalue weighted by Crippen LogP contribution is 2.27. The van der Waals surface area contributed by atoms with E-state index in [2.05, 4.69) is 37.9 Å². The third kappa shape index (κ3) is 7.29. The molecule has 0 bridgehead atoms. The molecule has 180 valence electrons. The minimum atomic E-state index is -1.10. The molecule has 0 amide bonds. The predicted octanol–water partition coefficient (Wildman–Crippen LogP) is 4.13. The maximum Gasteiger partial charge on any atom is 0.257 e. The molecule has 8 nitrogen and oxygen atoms in total. The molecule has 2 heterocycles. The van der Waals surface area contributed by atoms with Crippen LogP contribution in [0.3, 0.4) is 0 Å². The fourth-order valence-electron chi connectivity index (χ4n) is 3.48. The Balaban J connectivity index is 0.00000385. The quantitative estimate of drug-likeness (QED) is 0.203. The monoisotopic (exact) mass is 567 g/mol. The van der Waals surface area contributed by atoms with Crippen LogP contribution in [0.25, 0.3) is 11.5 Å². The molecule has 0 aliphatic carbocycles. The lowest BCUT2D eigenvalue weighted by molar-refractivity contribution is 0.0657. The first-order chi connectivity index (χ1) is 15.3. The van der Waals surface area contributed by atoms with Crippen LogP contribution in [-0.4, -0.2) is 40.8 Å². The Morgan fingerprint density at radius 1 is 1.15 bits per heavy atom. The van der Waals surface area contributed by atoms with Crippen LogP contribution in [0.5, 0.6) is 0 Å². The molecule has 9 heteroatoms. The number of halogens is 1. The fraction of sp³-hybridized carbons (Fsp3) is 0.458. The van der Waals surface area contributed by atoms with Crippen molar-refractivity contribution in [2.24, 2.45) is 4.99 Å². The second kappa shape index (κ2) is 12.2. The molecule has 1 aromatic carbocycles. The smallest absolute Gasteiger partial charge is 0.257 e. The van der Waals surface area contributed by atoms with E-state index in [4.69, 9.17) is 8.94 Å². The number of furan rings is 1. The molecule has 0 fully saturated rings. The second-order valence-corrected chi connectivity index (χ2v) is 8.04. The minimum absolute atomic E-state index is 0. The van der Waals surface area contributed by atoms with Gasteiger partial charge in [-0.1, -0.05) is 24.2 Å². The fourth-order valence-corrected chi connectivity index (χ4v) is 3.48. The maximum atomic E-state index is 10.9. The summed E-state index contributed by atoms with van der Waals surface area (Å²) in [5, 5.41) is 21.4. The Hall–Kier alpha value is -2.40. The van der Waals surface area contributed by atoms with Gasteiger partial charge in [0.2, 0.25) is 0 Å². The molecular weight excluding hydrogens is 533 g/mol. The SMILES string of the molecule is CCNC(=NCC(C)(O)c1cc(C)oc1C)NCCc1ccc(-c2nc(CC)no2)cc1.I. The van der Waals surface area contributed by atoms with Gasteiger partial charge >= 0.3 is 0 Å². The first kappa shape index (κ1) is 26.8. The molecule has 0 aliphatic heterocycles. The Morgan fingerprint density at radius 2 is 1.88 bits per heavy atom. The van der Waals surface area contributed by atoms with E-state index in [1.165, 1.54) is 5.56 Å². The standard InChI is InChI=1S/C24H33N5O3.HI/c1-6-21-28-22(32-29-21)19-10-8-18(9-11-19)12-13-26-23(25-7-2)27-15-24(5,30)20-14-16(3)31-17(20)4;/h8-11,14,30H,6-7,12-13,15H2,1-5H3,(H2,25,26,27);1H. The van der Waals surface area contributed by atoms with E-state index >= 15 is 0 Å². The van der Waals surface area contributed by atoms with Crippen LogP contribution in [-0.2, 0) is 18.4 Å². The zero-order valence-electron chi connectivity index (χ0n) is 19.9. The molecule has 2 aromatic heterocycles. The van der Waals surface area contributed by atoms with Crippen molar-refractivity contribution in [3.63, 3.8) is 0 Å². The van der Waals surface area contributed by atoms with E-state index in [0.717, 1.165) is 42.0 Å². The summed E-state index contributed by atoms with van der Waals surface area (Å²) in [5.74, 6) is 3.42. The largest absolute Gasteiger partial charge is 0.466 e. The summed E-state index contributed by atoms with van der Waals surface area (Å²) < 4.78 is 10.9. The molecule has 0 saturated carbocycles. The van der Waals surface area contributed by atoms with Gasteiger partial charge in [-0.3, -0.25) is 0 Å². The van der Waals surface area contributed by atoms with Crippen molar-refractivity contribution in [2.45, 2.75) is 53.1 Å². The number of aliphatic imine (C=N–C) groups is 1. The van der Waals surface area contributed by atoms with Gasteiger partial charge < -0.3 is 24.7 Å². The minimum Gasteiger partial charge on any atom is -0.466 e. The highest BCUT2D eigenvalue weighted by atomic mass is 127. The number of nitrogens with one attached hydrogen (secondary N) is 2. The van der Waals surface area contributed by atoms with Crippen LogP contribution in [0.1, 0.15) is 49.2 Å².